The number of hydrazine groups is 1. The molecule has 3 nitrogen and oxygen atoms in total. The summed E-state index contributed by atoms with van der Waals surface area (Å²) in [6.45, 7) is 9.90. The maximum absolute atomic E-state index is 12.2. The minimum absolute atomic E-state index is 0.177. The number of rotatable bonds is 3. The van der Waals surface area contributed by atoms with Gasteiger partial charge in [-0.1, -0.05) is 32.0 Å². The fourth-order valence-corrected chi connectivity index (χ4v) is 1.60. The lowest BCUT2D eigenvalue weighted by Gasteiger charge is -2.29. The molecular formula is C14H21ClN2O. The van der Waals surface area contributed by atoms with Crippen molar-refractivity contribution in [3.8, 4) is 0 Å². The second-order valence-electron chi connectivity index (χ2n) is 5.63. The molecule has 18 heavy (non-hydrogen) atoms. The average Bonchev–Trinajstić information content (AvgIpc) is 2.27. The summed E-state index contributed by atoms with van der Waals surface area (Å²) in [7, 11) is 0. The summed E-state index contributed by atoms with van der Waals surface area (Å²) in [6, 6.07) is 7.58. The van der Waals surface area contributed by atoms with E-state index in [0.29, 0.717) is 11.5 Å². The molecule has 1 aromatic rings. The third-order valence-corrected chi connectivity index (χ3v) is 3.21. The molecule has 0 fully saturated rings. The molecule has 0 aromatic heterocycles. The summed E-state index contributed by atoms with van der Waals surface area (Å²) in [5, 5.41) is 0. The number of nitrogens with one attached hydrogen (secondary N) is 1. The lowest BCUT2D eigenvalue weighted by Crippen LogP contribution is -2.46. The molecule has 0 aliphatic rings. The quantitative estimate of drug-likeness (QED) is 0.670. The van der Waals surface area contributed by atoms with E-state index in [9.17, 15) is 4.79 Å². The van der Waals surface area contributed by atoms with Crippen molar-refractivity contribution in [2.45, 2.75) is 46.1 Å². The minimum atomic E-state index is -0.329. The van der Waals surface area contributed by atoms with Crippen LogP contribution in [0.3, 0.4) is 0 Å². The zero-order valence-corrected chi connectivity index (χ0v) is 12.4. The second-order valence-corrected chi connectivity index (χ2v) is 5.97. The Hall–Kier alpha value is -1.06. The first kappa shape index (κ1) is 15.0. The van der Waals surface area contributed by atoms with Crippen LogP contribution in [0.5, 0.6) is 0 Å². The Kier molecular flexibility index (Phi) is 4.77. The highest BCUT2D eigenvalue weighted by atomic mass is 35.5. The molecule has 0 spiro atoms. The molecule has 0 aliphatic carbocycles. The fourth-order valence-electron chi connectivity index (χ4n) is 1.52. The molecule has 0 heterocycles. The smallest absolute Gasteiger partial charge is 0.266 e. The zero-order valence-electron chi connectivity index (χ0n) is 11.6. The number of amides is 1. The first-order valence-electron chi connectivity index (χ1n) is 6.09. The van der Waals surface area contributed by atoms with Gasteiger partial charge in [0.1, 0.15) is 0 Å². The first-order valence-corrected chi connectivity index (χ1v) is 6.43. The number of halogens is 1. The van der Waals surface area contributed by atoms with E-state index < -0.39 is 0 Å². The molecule has 0 unspecified atom stereocenters. The van der Waals surface area contributed by atoms with Crippen molar-refractivity contribution in [2.75, 3.05) is 0 Å². The molecule has 1 rings (SSSR count). The van der Waals surface area contributed by atoms with Crippen LogP contribution in [-0.4, -0.2) is 16.0 Å². The summed E-state index contributed by atoms with van der Waals surface area (Å²) >= 11 is 6.03. The molecule has 0 atom stereocenters. The third-order valence-electron chi connectivity index (χ3n) is 2.62. The molecule has 4 heteroatoms. The van der Waals surface area contributed by atoms with Gasteiger partial charge in [0.05, 0.1) is 0 Å². The molecule has 0 radical (unpaired) electrons. The fraction of sp³-hybridized carbons (Fsp3) is 0.500. The topological polar surface area (TPSA) is 32.3 Å². The van der Waals surface area contributed by atoms with Crippen LogP contribution in [0.15, 0.2) is 24.3 Å². The normalized spacial score (nSPS) is 12.0. The van der Waals surface area contributed by atoms with Gasteiger partial charge in [0.25, 0.3) is 5.91 Å². The number of carbonyl (C=O) groups excluding carboxylic acids is 1. The van der Waals surface area contributed by atoms with Gasteiger partial charge < -0.3 is 0 Å². The largest absolute Gasteiger partial charge is 0.270 e. The highest BCUT2D eigenvalue weighted by molar-refractivity contribution is 6.14. The summed E-state index contributed by atoms with van der Waals surface area (Å²) in [4.78, 5) is 12.2. The number of hydrogen-bond acceptors (Lipinski definition) is 2. The number of carbonyl (C=O) groups is 1. The predicted molar refractivity (Wildman–Crippen MR) is 75.4 cm³/mol. The van der Waals surface area contributed by atoms with Gasteiger partial charge in [-0.15, -0.1) is 4.53 Å². The molecule has 0 bridgehead atoms. The summed E-state index contributed by atoms with van der Waals surface area (Å²) in [5.74, 6) is 0.120. The van der Waals surface area contributed by atoms with Crippen LogP contribution in [0.2, 0.25) is 0 Å². The van der Waals surface area contributed by atoms with Crippen LogP contribution < -0.4 is 5.43 Å². The SMILES string of the molecule is CC(C)c1ccccc1C(=O)NN(Cl)C(C)(C)C. The second kappa shape index (κ2) is 5.72. The van der Waals surface area contributed by atoms with Crippen molar-refractivity contribution in [1.82, 2.24) is 9.95 Å². The van der Waals surface area contributed by atoms with Crippen LogP contribution >= 0.6 is 11.8 Å². The summed E-state index contributed by atoms with van der Waals surface area (Å²) < 4.78 is 1.31. The van der Waals surface area contributed by atoms with Gasteiger partial charge in [-0.2, -0.15) is 0 Å². The monoisotopic (exact) mass is 268 g/mol. The lowest BCUT2D eigenvalue weighted by molar-refractivity contribution is 0.0804. The standard InChI is InChI=1S/C14H21ClN2O/c1-10(2)11-8-6-7-9-12(11)13(18)16-17(15)14(3,4)5/h6-10H,1-5H3,(H,16,18). The van der Waals surface area contributed by atoms with Crippen LogP contribution in [0.4, 0.5) is 0 Å². The van der Waals surface area contributed by atoms with E-state index in [1.807, 2.05) is 45.0 Å². The maximum Gasteiger partial charge on any atom is 0.266 e. The van der Waals surface area contributed by atoms with E-state index in [-0.39, 0.29) is 11.4 Å². The highest BCUT2D eigenvalue weighted by Gasteiger charge is 2.23. The summed E-state index contributed by atoms with van der Waals surface area (Å²) in [5.41, 5.74) is 4.05. The van der Waals surface area contributed by atoms with Crippen LogP contribution in [0.1, 0.15) is 56.5 Å². The van der Waals surface area contributed by atoms with E-state index in [1.165, 1.54) is 4.53 Å². The Balaban J connectivity index is 2.92. The third kappa shape index (κ3) is 3.72. The van der Waals surface area contributed by atoms with Crippen molar-refractivity contribution in [2.24, 2.45) is 0 Å². The molecule has 0 saturated carbocycles. The van der Waals surface area contributed by atoms with Gasteiger partial charge in [-0.3, -0.25) is 10.2 Å². The maximum atomic E-state index is 12.2. The number of hydrogen-bond donors (Lipinski definition) is 1. The molecule has 0 saturated heterocycles. The first-order chi connectivity index (χ1) is 8.23. The van der Waals surface area contributed by atoms with Crippen LogP contribution in [0, 0.1) is 0 Å². The van der Waals surface area contributed by atoms with Crippen molar-refractivity contribution >= 4 is 17.7 Å². The Labute approximate surface area is 114 Å². The molecular weight excluding hydrogens is 248 g/mol. The molecule has 1 amide bonds. The number of benzene rings is 1. The summed E-state index contributed by atoms with van der Waals surface area (Å²) in [6.07, 6.45) is 0. The molecule has 1 aromatic carbocycles. The van der Waals surface area contributed by atoms with Crippen LogP contribution in [-0.2, 0) is 0 Å². The van der Waals surface area contributed by atoms with Gasteiger partial charge in [-0.05, 0) is 38.3 Å². The van der Waals surface area contributed by atoms with E-state index in [1.54, 1.807) is 0 Å². The van der Waals surface area contributed by atoms with E-state index >= 15 is 0 Å². The minimum Gasteiger partial charge on any atom is -0.270 e. The average molecular weight is 269 g/mol. The van der Waals surface area contributed by atoms with Gasteiger partial charge in [0, 0.05) is 22.9 Å². The Morgan fingerprint density at radius 3 is 2.33 bits per heavy atom. The van der Waals surface area contributed by atoms with Gasteiger partial charge >= 0.3 is 0 Å². The van der Waals surface area contributed by atoms with E-state index in [2.05, 4.69) is 19.3 Å². The Bertz CT molecular complexity index is 424. The highest BCUT2D eigenvalue weighted by Crippen LogP contribution is 2.20. The zero-order chi connectivity index (χ0) is 13.9. The van der Waals surface area contributed by atoms with Gasteiger partial charge in [0.15, 0.2) is 0 Å². The number of nitrogens with zero attached hydrogens (tertiary/aromatic N) is 1. The van der Waals surface area contributed by atoms with Crippen molar-refractivity contribution < 1.29 is 4.79 Å². The Morgan fingerprint density at radius 1 is 1.28 bits per heavy atom. The van der Waals surface area contributed by atoms with Gasteiger partial charge in [-0.25, -0.2) is 0 Å². The van der Waals surface area contributed by atoms with Crippen molar-refractivity contribution in [3.05, 3.63) is 35.4 Å². The molecule has 0 aliphatic heterocycles. The molecule has 100 valence electrons. The van der Waals surface area contributed by atoms with Crippen LogP contribution in [0.25, 0.3) is 0 Å². The molecule has 1 N–H and O–H groups in total. The van der Waals surface area contributed by atoms with Gasteiger partial charge in [0.2, 0.25) is 0 Å². The van der Waals surface area contributed by atoms with E-state index in [0.717, 1.165) is 5.56 Å². The predicted octanol–water partition coefficient (Wildman–Crippen LogP) is 3.71. The van der Waals surface area contributed by atoms with Crippen molar-refractivity contribution in [1.29, 1.82) is 0 Å². The Morgan fingerprint density at radius 2 is 1.83 bits per heavy atom. The lowest BCUT2D eigenvalue weighted by atomic mass is 9.97. The van der Waals surface area contributed by atoms with Crippen molar-refractivity contribution in [3.63, 3.8) is 0 Å². The van der Waals surface area contributed by atoms with E-state index in [4.69, 9.17) is 11.8 Å².